The fraction of sp³-hybridized carbons (Fsp3) is 0.588. The summed E-state index contributed by atoms with van der Waals surface area (Å²) in [6.45, 7) is 6.93. The molecule has 0 aromatic heterocycles. The van der Waals surface area contributed by atoms with Gasteiger partial charge in [0.25, 0.3) is 0 Å². The number of hydrogen-bond acceptors (Lipinski definition) is 5. The molecule has 2 aliphatic heterocycles. The fourth-order valence-electron chi connectivity index (χ4n) is 3.46. The maximum Gasteiger partial charge on any atom is 0.338 e. The topological polar surface area (TPSA) is 84.8 Å². The second-order valence-electron chi connectivity index (χ2n) is 6.83. The van der Waals surface area contributed by atoms with E-state index < -0.39 is 6.10 Å². The first kappa shape index (κ1) is 18.2. The summed E-state index contributed by atoms with van der Waals surface area (Å²) in [7, 11) is 0. The lowest BCUT2D eigenvalue weighted by molar-refractivity contribution is 0.0535. The van der Waals surface area contributed by atoms with Gasteiger partial charge in [0.2, 0.25) is 0 Å². The van der Waals surface area contributed by atoms with Gasteiger partial charge < -0.3 is 16.0 Å². The average molecular weight is 341 g/mol. The van der Waals surface area contributed by atoms with Crippen molar-refractivity contribution in [3.05, 3.63) is 34.4 Å². The van der Waals surface area contributed by atoms with Crippen LogP contribution in [0.25, 0.3) is 0 Å². The Hall–Kier alpha value is -1.14. The number of ether oxygens (including phenoxy) is 1. The minimum Gasteiger partial charge on any atom is -0.457 e. The van der Waals surface area contributed by atoms with Crippen LogP contribution in [0.1, 0.15) is 46.5 Å². The summed E-state index contributed by atoms with van der Waals surface area (Å²) in [5, 5.41) is 10.6. The van der Waals surface area contributed by atoms with Crippen LogP contribution in [-0.4, -0.2) is 41.5 Å². The van der Waals surface area contributed by atoms with Crippen molar-refractivity contribution >= 4 is 17.6 Å². The van der Waals surface area contributed by atoms with Crippen LogP contribution in [0, 0.1) is 12.3 Å². The standard InChI is InChI=1S/C17H22ClNO3.H3N/c1-11-12(3-4-13-14(11)8-22-16(13)21)15(20)7-19-6-5-17(2,9-18)10-19;/h3-4,15,20H,5-10H2,1-2H3;1H3/t15-,17?;/m0./s1. The van der Waals surface area contributed by atoms with Gasteiger partial charge in [-0.25, -0.2) is 4.79 Å². The number of hydrogen-bond donors (Lipinski definition) is 2. The van der Waals surface area contributed by atoms with Crippen LogP contribution in [0.2, 0.25) is 0 Å². The third-order valence-corrected chi connectivity index (χ3v) is 5.60. The van der Waals surface area contributed by atoms with Crippen LogP contribution in [0.15, 0.2) is 12.1 Å². The van der Waals surface area contributed by atoms with Crippen molar-refractivity contribution in [2.24, 2.45) is 5.41 Å². The molecule has 0 bridgehead atoms. The largest absolute Gasteiger partial charge is 0.457 e. The lowest BCUT2D eigenvalue weighted by Gasteiger charge is -2.24. The Balaban J connectivity index is 0.00000192. The summed E-state index contributed by atoms with van der Waals surface area (Å²) < 4.78 is 5.07. The minimum absolute atomic E-state index is 0. The molecule has 0 saturated carbocycles. The molecule has 1 aromatic rings. The molecular formula is C17H25ClN2O3. The predicted molar refractivity (Wildman–Crippen MR) is 90.2 cm³/mol. The molecular weight excluding hydrogens is 316 g/mol. The summed E-state index contributed by atoms with van der Waals surface area (Å²) >= 11 is 6.04. The number of alkyl halides is 1. The number of cyclic esters (lactones) is 1. The highest BCUT2D eigenvalue weighted by Gasteiger charge is 2.34. The summed E-state index contributed by atoms with van der Waals surface area (Å²) in [4.78, 5) is 13.8. The van der Waals surface area contributed by atoms with Gasteiger partial charge in [-0.3, -0.25) is 4.90 Å². The Labute approximate surface area is 142 Å². The highest BCUT2D eigenvalue weighted by molar-refractivity contribution is 6.18. The van der Waals surface area contributed by atoms with Crippen molar-refractivity contribution in [3.8, 4) is 0 Å². The number of aliphatic hydroxyl groups is 1. The van der Waals surface area contributed by atoms with E-state index in [4.69, 9.17) is 16.3 Å². The molecule has 2 heterocycles. The second-order valence-corrected chi connectivity index (χ2v) is 7.09. The van der Waals surface area contributed by atoms with Crippen molar-refractivity contribution < 1.29 is 14.6 Å². The van der Waals surface area contributed by atoms with Gasteiger partial charge in [0.1, 0.15) is 6.61 Å². The molecule has 4 N–H and O–H groups in total. The molecule has 0 spiro atoms. The smallest absolute Gasteiger partial charge is 0.338 e. The molecule has 6 heteroatoms. The van der Waals surface area contributed by atoms with Crippen molar-refractivity contribution in [2.45, 2.75) is 33.0 Å². The van der Waals surface area contributed by atoms with Gasteiger partial charge in [0.15, 0.2) is 0 Å². The fourth-order valence-corrected chi connectivity index (χ4v) is 3.68. The van der Waals surface area contributed by atoms with E-state index in [9.17, 15) is 9.90 Å². The Bertz CT molecular complexity index is 608. The Morgan fingerprint density at radius 3 is 2.87 bits per heavy atom. The molecule has 2 aliphatic rings. The Morgan fingerprint density at radius 1 is 1.48 bits per heavy atom. The number of carbonyl (C=O) groups excluding carboxylic acids is 1. The van der Waals surface area contributed by atoms with E-state index in [1.54, 1.807) is 6.07 Å². The summed E-state index contributed by atoms with van der Waals surface area (Å²) in [5.41, 5.74) is 3.54. The number of aliphatic hydroxyl groups excluding tert-OH is 1. The quantitative estimate of drug-likeness (QED) is 0.650. The molecule has 0 aliphatic carbocycles. The number of halogens is 1. The third kappa shape index (κ3) is 3.38. The van der Waals surface area contributed by atoms with Crippen LogP contribution in [0.5, 0.6) is 0 Å². The van der Waals surface area contributed by atoms with E-state index in [0.29, 0.717) is 24.6 Å². The van der Waals surface area contributed by atoms with Crippen LogP contribution in [0.4, 0.5) is 0 Å². The van der Waals surface area contributed by atoms with Crippen molar-refractivity contribution in [1.29, 1.82) is 0 Å². The monoisotopic (exact) mass is 340 g/mol. The van der Waals surface area contributed by atoms with Crippen molar-refractivity contribution in [2.75, 3.05) is 25.5 Å². The molecule has 5 nitrogen and oxygen atoms in total. The summed E-state index contributed by atoms with van der Waals surface area (Å²) in [5.74, 6) is 0.383. The number of likely N-dealkylation sites (tertiary alicyclic amines) is 1. The van der Waals surface area contributed by atoms with E-state index >= 15 is 0 Å². The van der Waals surface area contributed by atoms with E-state index in [1.807, 2.05) is 13.0 Å². The number of fused-ring (bicyclic) bond motifs is 1. The molecule has 1 unspecified atom stereocenters. The Kier molecular flexibility index (Phi) is 5.36. The third-order valence-electron chi connectivity index (χ3n) is 4.96. The first-order chi connectivity index (χ1) is 10.4. The van der Waals surface area contributed by atoms with Crippen LogP contribution in [-0.2, 0) is 11.3 Å². The minimum atomic E-state index is -0.557. The first-order valence-corrected chi connectivity index (χ1v) is 8.23. The van der Waals surface area contributed by atoms with Gasteiger partial charge in [-0.2, -0.15) is 0 Å². The van der Waals surface area contributed by atoms with E-state index in [1.165, 1.54) is 0 Å². The van der Waals surface area contributed by atoms with Gasteiger partial charge in [-0.1, -0.05) is 13.0 Å². The molecule has 2 atom stereocenters. The number of nitrogens with zero attached hydrogens (tertiary/aromatic N) is 1. The number of carbonyl (C=O) groups is 1. The SMILES string of the molecule is Cc1c([C@@H](O)CN2CCC(C)(CCl)C2)ccc2c1COC2=O.N. The zero-order valence-corrected chi connectivity index (χ0v) is 14.5. The molecule has 1 saturated heterocycles. The lowest BCUT2D eigenvalue weighted by Crippen LogP contribution is -2.30. The van der Waals surface area contributed by atoms with Gasteiger partial charge in [-0.05, 0) is 42.5 Å². The van der Waals surface area contributed by atoms with Crippen molar-refractivity contribution in [3.63, 3.8) is 0 Å². The van der Waals surface area contributed by atoms with Crippen LogP contribution in [0.3, 0.4) is 0 Å². The van der Waals surface area contributed by atoms with Gasteiger partial charge in [-0.15, -0.1) is 11.6 Å². The van der Waals surface area contributed by atoms with E-state index in [-0.39, 0.29) is 17.5 Å². The molecule has 1 fully saturated rings. The number of benzene rings is 1. The van der Waals surface area contributed by atoms with Crippen LogP contribution < -0.4 is 6.15 Å². The Morgan fingerprint density at radius 2 is 2.22 bits per heavy atom. The van der Waals surface area contributed by atoms with Gasteiger partial charge in [0, 0.05) is 24.5 Å². The number of β-amino-alcohol motifs (C(OH)–C–C–N with tert-alkyl or cyclic N) is 1. The zero-order valence-electron chi connectivity index (χ0n) is 13.8. The molecule has 3 rings (SSSR count). The number of rotatable bonds is 4. The highest BCUT2D eigenvalue weighted by Crippen LogP contribution is 2.33. The molecule has 128 valence electrons. The molecule has 23 heavy (non-hydrogen) atoms. The second kappa shape index (κ2) is 6.77. The maximum absolute atomic E-state index is 11.6. The van der Waals surface area contributed by atoms with Gasteiger partial charge >= 0.3 is 5.97 Å². The van der Waals surface area contributed by atoms with E-state index in [0.717, 1.165) is 36.2 Å². The predicted octanol–water partition coefficient (Wildman–Crippen LogP) is 2.81. The molecule has 1 aromatic carbocycles. The van der Waals surface area contributed by atoms with E-state index in [2.05, 4.69) is 11.8 Å². The highest BCUT2D eigenvalue weighted by atomic mass is 35.5. The maximum atomic E-state index is 11.6. The summed E-state index contributed by atoms with van der Waals surface area (Å²) in [6, 6.07) is 3.62. The first-order valence-electron chi connectivity index (χ1n) is 7.69. The van der Waals surface area contributed by atoms with Crippen LogP contribution >= 0.6 is 11.6 Å². The zero-order chi connectivity index (χ0) is 15.9. The number of esters is 1. The van der Waals surface area contributed by atoms with Gasteiger partial charge in [0.05, 0.1) is 11.7 Å². The molecule has 0 radical (unpaired) electrons. The normalized spacial score (nSPS) is 25.0. The summed E-state index contributed by atoms with van der Waals surface area (Å²) in [6.07, 6.45) is 0.507. The lowest BCUT2D eigenvalue weighted by atomic mass is 9.93. The average Bonchev–Trinajstić information content (AvgIpc) is 3.05. The van der Waals surface area contributed by atoms with Crippen molar-refractivity contribution in [1.82, 2.24) is 11.1 Å². The molecule has 0 amide bonds.